The predicted octanol–water partition coefficient (Wildman–Crippen LogP) is 3.00. The average molecular weight is 538 g/mol. The van der Waals surface area contributed by atoms with E-state index in [1.807, 2.05) is 13.0 Å². The Bertz CT molecular complexity index is 1530. The number of amidine groups is 1. The molecule has 6 N–H and O–H groups in total. The highest BCUT2D eigenvalue weighted by Gasteiger charge is 2.26. The molecule has 0 aliphatic carbocycles. The molecule has 2 aromatic heterocycles. The molecule has 13 heteroatoms. The molecule has 0 radical (unpaired) electrons. The molecule has 2 aromatic carbocycles. The predicted molar refractivity (Wildman–Crippen MR) is 142 cm³/mol. The Labute approximate surface area is 222 Å². The maximum atomic E-state index is 15.3. The molecule has 1 atom stereocenters. The quantitative estimate of drug-likeness (QED) is 0.167. The van der Waals surface area contributed by atoms with E-state index in [1.165, 1.54) is 26.4 Å². The second-order valence-corrected chi connectivity index (χ2v) is 8.19. The molecule has 0 saturated carbocycles. The first-order chi connectivity index (χ1) is 18.5. The lowest BCUT2D eigenvalue weighted by Gasteiger charge is -2.20. The fourth-order valence-electron chi connectivity index (χ4n) is 3.61. The van der Waals surface area contributed by atoms with Crippen LogP contribution in [0.15, 0.2) is 59.5 Å². The van der Waals surface area contributed by atoms with E-state index in [4.69, 9.17) is 30.5 Å². The van der Waals surface area contributed by atoms with Gasteiger partial charge in [-0.15, -0.1) is 5.10 Å². The minimum atomic E-state index is -0.920. The molecule has 0 saturated heterocycles. The molecule has 0 aliphatic rings. The van der Waals surface area contributed by atoms with E-state index in [9.17, 15) is 4.79 Å². The Morgan fingerprint density at radius 2 is 1.79 bits per heavy atom. The smallest absolute Gasteiger partial charge is 0.349 e. The number of nitrogen functional groups attached to an aromatic ring is 1. The van der Waals surface area contributed by atoms with E-state index in [0.717, 1.165) is 17.2 Å². The second-order valence-electron chi connectivity index (χ2n) is 8.19. The number of nitrogens with one attached hydrogen (secondary N) is 3. The van der Waals surface area contributed by atoms with Crippen molar-refractivity contribution >= 4 is 17.5 Å². The maximum absolute atomic E-state index is 15.3. The Hall–Kier alpha value is -5.20. The molecule has 4 aromatic rings. The number of benzene rings is 2. The van der Waals surface area contributed by atoms with Gasteiger partial charge in [0.2, 0.25) is 0 Å². The number of carbonyl (C=O) groups is 1. The summed E-state index contributed by atoms with van der Waals surface area (Å²) in [5.41, 5.74) is 7.04. The number of hydrogen-bond donors (Lipinski definition) is 5. The summed E-state index contributed by atoms with van der Waals surface area (Å²) in [5.74, 6) is -0.455. The number of carboxylic acid groups (broad SMARTS) is 1. The molecule has 0 fully saturated rings. The molecule has 4 rings (SSSR count). The van der Waals surface area contributed by atoms with Gasteiger partial charge >= 0.3 is 5.69 Å². The van der Waals surface area contributed by atoms with E-state index >= 15 is 4.39 Å². The van der Waals surface area contributed by atoms with Gasteiger partial charge in [-0.25, -0.2) is 14.2 Å². The SMILES string of the molecule is CC(=O)O.COc1cc(F)c(C(Nc2ccc(C(=N)N)cc2)c2nn(-c3ncccc3C)c(=O)[nH]2)cc1OC. The summed E-state index contributed by atoms with van der Waals surface area (Å²) in [6.07, 6.45) is 1.56. The number of aliphatic carboxylic acids is 1. The first kappa shape index (κ1) is 28.4. The summed E-state index contributed by atoms with van der Waals surface area (Å²) in [5, 5.41) is 22.6. The molecule has 12 nitrogen and oxygen atoms in total. The number of methoxy groups -OCH3 is 2. The van der Waals surface area contributed by atoms with Crippen LogP contribution in [0, 0.1) is 18.2 Å². The number of carboxylic acids is 1. The highest BCUT2D eigenvalue weighted by Crippen LogP contribution is 2.35. The largest absolute Gasteiger partial charge is 0.493 e. The van der Waals surface area contributed by atoms with Crippen LogP contribution in [0.2, 0.25) is 0 Å². The van der Waals surface area contributed by atoms with Crippen LogP contribution in [-0.2, 0) is 4.79 Å². The fraction of sp³-hybridized carbons (Fsp3) is 0.192. The van der Waals surface area contributed by atoms with Crippen LogP contribution in [0.4, 0.5) is 10.1 Å². The maximum Gasteiger partial charge on any atom is 0.349 e. The van der Waals surface area contributed by atoms with Gasteiger partial charge in [-0.05, 0) is 48.9 Å². The number of nitrogens with two attached hydrogens (primary N) is 1. The lowest BCUT2D eigenvalue weighted by atomic mass is 10.0. The molecule has 1 unspecified atom stereocenters. The molecule has 204 valence electrons. The van der Waals surface area contributed by atoms with Gasteiger partial charge in [0, 0.05) is 36.0 Å². The number of ether oxygens (including phenoxy) is 2. The molecule has 0 spiro atoms. The zero-order chi connectivity index (χ0) is 28.7. The summed E-state index contributed by atoms with van der Waals surface area (Å²) in [4.78, 5) is 28.8. The Kier molecular flexibility index (Phi) is 8.99. The van der Waals surface area contributed by atoms with Crippen LogP contribution < -0.4 is 26.2 Å². The van der Waals surface area contributed by atoms with Gasteiger partial charge in [0.25, 0.3) is 5.97 Å². The standard InChI is InChI=1S/C24H24FN7O3.C2H4O2/c1-13-5-4-10-28-23(13)32-24(33)30-22(31-32)20(29-15-8-6-14(7-9-15)21(26)27)16-11-18(34-2)19(35-3)12-17(16)25;1-2(3)4/h4-12,20,29H,1-3H3,(H3,26,27)(H,30,31,33);1H3,(H,3,4). The highest BCUT2D eigenvalue weighted by atomic mass is 19.1. The number of halogens is 1. The molecule has 39 heavy (non-hydrogen) atoms. The van der Waals surface area contributed by atoms with Crippen molar-refractivity contribution in [3.05, 3.63) is 93.5 Å². The fourth-order valence-corrected chi connectivity index (χ4v) is 3.61. The van der Waals surface area contributed by atoms with Crippen molar-refractivity contribution in [3.63, 3.8) is 0 Å². The number of anilines is 1. The van der Waals surface area contributed by atoms with Gasteiger partial charge in [0.05, 0.1) is 14.2 Å². The monoisotopic (exact) mass is 537 g/mol. The number of aromatic nitrogens is 4. The van der Waals surface area contributed by atoms with Crippen LogP contribution in [0.3, 0.4) is 0 Å². The minimum Gasteiger partial charge on any atom is -0.493 e. The third kappa shape index (κ3) is 6.77. The Balaban J connectivity index is 0.000000983. The van der Waals surface area contributed by atoms with Gasteiger partial charge < -0.3 is 25.6 Å². The minimum absolute atomic E-state index is 0.0761. The molecule has 2 heterocycles. The number of hydrogen-bond acceptors (Lipinski definition) is 8. The molecule has 0 amide bonds. The van der Waals surface area contributed by atoms with E-state index in [-0.39, 0.29) is 23.0 Å². The average Bonchev–Trinajstić information content (AvgIpc) is 3.28. The summed E-state index contributed by atoms with van der Waals surface area (Å²) < 4.78 is 27.0. The number of rotatable bonds is 8. The van der Waals surface area contributed by atoms with E-state index < -0.39 is 23.5 Å². The van der Waals surface area contributed by atoms with Gasteiger partial charge in [-0.1, -0.05) is 6.07 Å². The van der Waals surface area contributed by atoms with Crippen LogP contribution in [-0.4, -0.2) is 50.9 Å². The highest BCUT2D eigenvalue weighted by molar-refractivity contribution is 5.95. The van der Waals surface area contributed by atoms with Crippen molar-refractivity contribution in [2.24, 2.45) is 5.73 Å². The van der Waals surface area contributed by atoms with Crippen molar-refractivity contribution in [1.82, 2.24) is 19.7 Å². The van der Waals surface area contributed by atoms with Crippen molar-refractivity contribution in [1.29, 1.82) is 5.41 Å². The van der Waals surface area contributed by atoms with Crippen LogP contribution in [0.1, 0.15) is 35.5 Å². The van der Waals surface area contributed by atoms with Crippen LogP contribution in [0.5, 0.6) is 11.5 Å². The van der Waals surface area contributed by atoms with E-state index in [1.54, 1.807) is 36.5 Å². The lowest BCUT2D eigenvalue weighted by molar-refractivity contribution is -0.134. The second kappa shape index (κ2) is 12.4. The zero-order valence-corrected chi connectivity index (χ0v) is 21.7. The first-order valence-corrected chi connectivity index (χ1v) is 11.5. The summed E-state index contributed by atoms with van der Waals surface area (Å²) in [6, 6.07) is 12.0. The van der Waals surface area contributed by atoms with Gasteiger partial charge in [-0.2, -0.15) is 4.68 Å². The summed E-state index contributed by atoms with van der Waals surface area (Å²) >= 11 is 0. The topological polar surface area (TPSA) is 181 Å². The zero-order valence-electron chi connectivity index (χ0n) is 21.7. The van der Waals surface area contributed by atoms with E-state index in [2.05, 4.69) is 20.4 Å². The normalized spacial score (nSPS) is 11.1. The van der Waals surface area contributed by atoms with Gasteiger partial charge in [0.1, 0.15) is 17.7 Å². The molecule has 0 aliphatic heterocycles. The first-order valence-electron chi connectivity index (χ1n) is 11.5. The lowest BCUT2D eigenvalue weighted by Crippen LogP contribution is -2.18. The van der Waals surface area contributed by atoms with Gasteiger partial charge in [-0.3, -0.25) is 15.2 Å². The number of aromatic amines is 1. The van der Waals surface area contributed by atoms with Crippen molar-refractivity contribution < 1.29 is 23.8 Å². The summed E-state index contributed by atoms with van der Waals surface area (Å²) in [7, 11) is 2.86. The molecular weight excluding hydrogens is 509 g/mol. The molecule has 0 bridgehead atoms. The molecular formula is C26H28FN7O5. The van der Waals surface area contributed by atoms with E-state index in [0.29, 0.717) is 22.8 Å². The number of H-pyrrole nitrogens is 1. The Morgan fingerprint density at radius 1 is 1.18 bits per heavy atom. The van der Waals surface area contributed by atoms with Crippen molar-refractivity contribution in [2.45, 2.75) is 19.9 Å². The van der Waals surface area contributed by atoms with Gasteiger partial charge in [0.15, 0.2) is 23.1 Å². The van der Waals surface area contributed by atoms with Crippen molar-refractivity contribution in [3.8, 4) is 17.3 Å². The summed E-state index contributed by atoms with van der Waals surface area (Å²) in [6.45, 7) is 2.89. The number of nitrogens with zero attached hydrogens (tertiary/aromatic N) is 3. The third-order valence-electron chi connectivity index (χ3n) is 5.41. The Morgan fingerprint density at radius 3 is 2.36 bits per heavy atom. The van der Waals surface area contributed by atoms with Crippen LogP contribution in [0.25, 0.3) is 5.82 Å². The van der Waals surface area contributed by atoms with Crippen molar-refractivity contribution in [2.75, 3.05) is 19.5 Å². The number of aryl methyl sites for hydroxylation is 1. The number of pyridine rings is 1. The third-order valence-corrected chi connectivity index (χ3v) is 5.41. The van der Waals surface area contributed by atoms with Crippen LogP contribution >= 0.6 is 0 Å².